The molecule has 1 heterocycles. The number of likely N-dealkylation sites (N-methyl/N-ethyl adjacent to an activating group) is 1. The highest BCUT2D eigenvalue weighted by Crippen LogP contribution is 2.32. The number of para-hydroxylation sites is 1. The predicted molar refractivity (Wildman–Crippen MR) is 60.3 cm³/mol. The molecule has 0 aromatic heterocycles. The van der Waals surface area contributed by atoms with E-state index in [9.17, 15) is 14.7 Å². The molecule has 88 valence electrons. The summed E-state index contributed by atoms with van der Waals surface area (Å²) in [7, 11) is 2.78. The number of aliphatic hydroxyl groups is 1. The number of imide groups is 1. The quantitative estimate of drug-likeness (QED) is 0.773. The summed E-state index contributed by atoms with van der Waals surface area (Å²) in [6.07, 6.45) is 0. The van der Waals surface area contributed by atoms with Crippen LogP contribution in [0.5, 0.6) is 5.75 Å². The molecule has 0 bridgehead atoms. The largest absolute Gasteiger partial charge is 0.502 e. The Morgan fingerprint density at radius 3 is 2.35 bits per heavy atom. The Morgan fingerprint density at radius 1 is 1.18 bits per heavy atom. The molecule has 0 atom stereocenters. The van der Waals surface area contributed by atoms with E-state index in [4.69, 9.17) is 4.74 Å². The van der Waals surface area contributed by atoms with Crippen LogP contribution < -0.4 is 4.74 Å². The van der Waals surface area contributed by atoms with Gasteiger partial charge in [-0.3, -0.25) is 14.5 Å². The van der Waals surface area contributed by atoms with Gasteiger partial charge in [-0.05, 0) is 6.07 Å². The van der Waals surface area contributed by atoms with Crippen molar-refractivity contribution < 1.29 is 19.4 Å². The van der Waals surface area contributed by atoms with Crippen LogP contribution in [0.1, 0.15) is 5.56 Å². The zero-order valence-electron chi connectivity index (χ0n) is 9.43. The Morgan fingerprint density at radius 2 is 1.82 bits per heavy atom. The Labute approximate surface area is 97.9 Å². The first-order chi connectivity index (χ1) is 8.07. The molecular weight excluding hydrogens is 222 g/mol. The van der Waals surface area contributed by atoms with E-state index in [-0.39, 0.29) is 5.57 Å². The number of nitrogens with zero attached hydrogens (tertiary/aromatic N) is 1. The van der Waals surface area contributed by atoms with Crippen molar-refractivity contribution in [3.05, 3.63) is 35.6 Å². The van der Waals surface area contributed by atoms with Crippen molar-refractivity contribution in [3.63, 3.8) is 0 Å². The average molecular weight is 233 g/mol. The first kappa shape index (κ1) is 11.2. The van der Waals surface area contributed by atoms with Crippen LogP contribution in [-0.2, 0) is 9.59 Å². The highest BCUT2D eigenvalue weighted by molar-refractivity contribution is 6.35. The molecule has 5 nitrogen and oxygen atoms in total. The standard InChI is InChI=1S/C12H11NO4/c1-13-11(15)9(10(14)12(13)16)7-5-3-4-6-8(7)17-2/h3-6,14H,1-2H3. The third-order valence-electron chi connectivity index (χ3n) is 2.64. The molecule has 0 saturated carbocycles. The molecule has 1 aromatic carbocycles. The van der Waals surface area contributed by atoms with Gasteiger partial charge in [0.25, 0.3) is 11.8 Å². The molecule has 0 aliphatic carbocycles. The molecule has 1 aliphatic rings. The summed E-state index contributed by atoms with van der Waals surface area (Å²) in [4.78, 5) is 24.2. The van der Waals surface area contributed by atoms with Crippen LogP contribution in [0, 0.1) is 0 Å². The molecule has 2 amide bonds. The second kappa shape index (κ2) is 3.93. The van der Waals surface area contributed by atoms with E-state index in [1.807, 2.05) is 0 Å². The van der Waals surface area contributed by atoms with E-state index in [0.29, 0.717) is 11.3 Å². The zero-order valence-corrected chi connectivity index (χ0v) is 9.43. The molecule has 17 heavy (non-hydrogen) atoms. The molecule has 0 unspecified atom stereocenters. The van der Waals surface area contributed by atoms with Gasteiger partial charge in [-0.1, -0.05) is 18.2 Å². The van der Waals surface area contributed by atoms with E-state index in [0.717, 1.165) is 4.90 Å². The van der Waals surface area contributed by atoms with Crippen molar-refractivity contribution in [2.75, 3.05) is 14.2 Å². The number of amides is 2. The third-order valence-corrected chi connectivity index (χ3v) is 2.64. The molecule has 1 aliphatic heterocycles. The maximum absolute atomic E-state index is 11.8. The zero-order chi connectivity index (χ0) is 12.6. The van der Waals surface area contributed by atoms with Gasteiger partial charge in [0.1, 0.15) is 5.75 Å². The Balaban J connectivity index is 2.61. The summed E-state index contributed by atoms with van der Waals surface area (Å²) in [5, 5.41) is 9.68. The van der Waals surface area contributed by atoms with Gasteiger partial charge in [0.2, 0.25) is 0 Å². The average Bonchev–Trinajstić information content (AvgIpc) is 2.54. The number of carbonyl (C=O) groups excluding carboxylic acids is 2. The fraction of sp³-hybridized carbons (Fsp3) is 0.167. The molecule has 0 spiro atoms. The minimum absolute atomic E-state index is 0.0186. The lowest BCUT2D eigenvalue weighted by molar-refractivity contribution is -0.136. The number of benzene rings is 1. The van der Waals surface area contributed by atoms with E-state index in [1.165, 1.54) is 14.2 Å². The van der Waals surface area contributed by atoms with Crippen molar-refractivity contribution in [1.82, 2.24) is 4.90 Å². The number of hydrogen-bond donors (Lipinski definition) is 1. The predicted octanol–water partition coefficient (Wildman–Crippen LogP) is 0.963. The second-order valence-electron chi connectivity index (χ2n) is 3.59. The van der Waals surface area contributed by atoms with Gasteiger partial charge in [0.05, 0.1) is 12.7 Å². The smallest absolute Gasteiger partial charge is 0.296 e. The minimum Gasteiger partial charge on any atom is -0.502 e. The highest BCUT2D eigenvalue weighted by Gasteiger charge is 2.37. The van der Waals surface area contributed by atoms with Crippen LogP contribution in [0.25, 0.3) is 5.57 Å². The first-order valence-corrected chi connectivity index (χ1v) is 4.97. The third kappa shape index (κ3) is 1.56. The van der Waals surface area contributed by atoms with Gasteiger partial charge in [0.15, 0.2) is 5.76 Å². The van der Waals surface area contributed by atoms with Crippen molar-refractivity contribution >= 4 is 17.4 Å². The van der Waals surface area contributed by atoms with Gasteiger partial charge in [-0.2, -0.15) is 0 Å². The summed E-state index contributed by atoms with van der Waals surface area (Å²) >= 11 is 0. The van der Waals surface area contributed by atoms with E-state index < -0.39 is 17.6 Å². The van der Waals surface area contributed by atoms with Crippen molar-refractivity contribution in [2.45, 2.75) is 0 Å². The normalized spacial score (nSPS) is 15.8. The fourth-order valence-electron chi connectivity index (χ4n) is 1.72. The SMILES string of the molecule is COc1ccccc1C1=C(O)C(=O)N(C)C1=O. The molecule has 1 aromatic rings. The summed E-state index contributed by atoms with van der Waals surface area (Å²) in [5.74, 6) is -1.33. The van der Waals surface area contributed by atoms with Gasteiger partial charge in [-0.25, -0.2) is 0 Å². The van der Waals surface area contributed by atoms with Gasteiger partial charge < -0.3 is 9.84 Å². The van der Waals surface area contributed by atoms with Crippen molar-refractivity contribution in [2.24, 2.45) is 0 Å². The van der Waals surface area contributed by atoms with Crippen molar-refractivity contribution in [3.8, 4) is 5.75 Å². The summed E-state index contributed by atoms with van der Waals surface area (Å²) in [6, 6.07) is 6.72. The summed E-state index contributed by atoms with van der Waals surface area (Å²) in [5.41, 5.74) is 0.394. The van der Waals surface area contributed by atoms with E-state index in [1.54, 1.807) is 24.3 Å². The number of methoxy groups -OCH3 is 1. The summed E-state index contributed by atoms with van der Waals surface area (Å²) in [6.45, 7) is 0. The van der Waals surface area contributed by atoms with Crippen LogP contribution in [-0.4, -0.2) is 36.0 Å². The monoisotopic (exact) mass is 233 g/mol. The number of aliphatic hydroxyl groups excluding tert-OH is 1. The Hall–Kier alpha value is -2.30. The van der Waals surface area contributed by atoms with Crippen molar-refractivity contribution in [1.29, 1.82) is 0 Å². The maximum Gasteiger partial charge on any atom is 0.296 e. The Kier molecular flexibility index (Phi) is 2.59. The Bertz CT molecular complexity index is 533. The molecule has 1 N–H and O–H groups in total. The number of ether oxygens (including phenoxy) is 1. The fourth-order valence-corrected chi connectivity index (χ4v) is 1.72. The molecule has 0 saturated heterocycles. The number of rotatable bonds is 2. The maximum atomic E-state index is 11.8. The van der Waals surface area contributed by atoms with E-state index in [2.05, 4.69) is 0 Å². The van der Waals surface area contributed by atoms with Crippen LogP contribution in [0.2, 0.25) is 0 Å². The van der Waals surface area contributed by atoms with Crippen LogP contribution >= 0.6 is 0 Å². The number of hydrogen-bond acceptors (Lipinski definition) is 4. The second-order valence-corrected chi connectivity index (χ2v) is 3.59. The highest BCUT2D eigenvalue weighted by atomic mass is 16.5. The molecule has 5 heteroatoms. The topological polar surface area (TPSA) is 66.8 Å². The molecule has 2 rings (SSSR count). The van der Waals surface area contributed by atoms with E-state index >= 15 is 0 Å². The number of carbonyl (C=O) groups is 2. The first-order valence-electron chi connectivity index (χ1n) is 4.97. The lowest BCUT2D eigenvalue weighted by Crippen LogP contribution is -2.26. The molecular formula is C12H11NO4. The lowest BCUT2D eigenvalue weighted by atomic mass is 10.0. The molecule has 0 fully saturated rings. The minimum atomic E-state index is -0.698. The lowest BCUT2D eigenvalue weighted by Gasteiger charge is -2.09. The summed E-state index contributed by atoms with van der Waals surface area (Å²) < 4.78 is 5.10. The van der Waals surface area contributed by atoms with Gasteiger partial charge in [-0.15, -0.1) is 0 Å². The van der Waals surface area contributed by atoms with Crippen LogP contribution in [0.15, 0.2) is 30.0 Å². The van der Waals surface area contributed by atoms with Crippen LogP contribution in [0.4, 0.5) is 0 Å². The van der Waals surface area contributed by atoms with Gasteiger partial charge >= 0.3 is 0 Å². The molecule has 0 radical (unpaired) electrons. The van der Waals surface area contributed by atoms with Gasteiger partial charge in [0, 0.05) is 12.6 Å². The van der Waals surface area contributed by atoms with Crippen LogP contribution in [0.3, 0.4) is 0 Å².